The van der Waals surface area contributed by atoms with Crippen LogP contribution in [0.3, 0.4) is 0 Å². The van der Waals surface area contributed by atoms with E-state index in [2.05, 4.69) is 28.6 Å². The Labute approximate surface area is 153 Å². The Kier molecular flexibility index (Phi) is 4.56. The third-order valence-corrected chi connectivity index (χ3v) is 4.76. The van der Waals surface area contributed by atoms with Crippen molar-refractivity contribution in [3.63, 3.8) is 0 Å². The SMILES string of the molecule is CN1CCc2ccc(NC(=O)NCc3cccc4c3OCCCO4)cc21. The first-order valence-corrected chi connectivity index (χ1v) is 8.97. The second-order valence-electron chi connectivity index (χ2n) is 6.62. The summed E-state index contributed by atoms with van der Waals surface area (Å²) in [5.74, 6) is 1.47. The summed E-state index contributed by atoms with van der Waals surface area (Å²) in [6.45, 7) is 2.67. The number of benzene rings is 2. The van der Waals surface area contributed by atoms with E-state index in [1.165, 1.54) is 11.3 Å². The first kappa shape index (κ1) is 16.6. The van der Waals surface area contributed by atoms with Gasteiger partial charge in [0.1, 0.15) is 0 Å². The first-order valence-electron chi connectivity index (χ1n) is 8.97. The first-order chi connectivity index (χ1) is 12.7. The van der Waals surface area contributed by atoms with Crippen LogP contribution in [0.15, 0.2) is 36.4 Å². The number of anilines is 2. The Morgan fingerprint density at radius 3 is 3.00 bits per heavy atom. The third kappa shape index (κ3) is 3.40. The summed E-state index contributed by atoms with van der Waals surface area (Å²) in [6.07, 6.45) is 1.91. The lowest BCUT2D eigenvalue weighted by Crippen LogP contribution is -2.28. The summed E-state index contributed by atoms with van der Waals surface area (Å²) < 4.78 is 11.5. The number of hydrogen-bond donors (Lipinski definition) is 2. The standard InChI is InChI=1S/C20H23N3O3/c1-23-9-8-14-6-7-16(12-17(14)23)22-20(24)21-13-15-4-2-5-18-19(15)26-11-3-10-25-18/h2,4-7,12H,3,8-11,13H2,1H3,(H2,21,22,24). The van der Waals surface area contributed by atoms with Crippen molar-refractivity contribution >= 4 is 17.4 Å². The molecule has 2 heterocycles. The van der Waals surface area contributed by atoms with Crippen LogP contribution in [0.5, 0.6) is 11.5 Å². The number of para-hydroxylation sites is 1. The molecule has 0 radical (unpaired) electrons. The summed E-state index contributed by atoms with van der Waals surface area (Å²) in [5.41, 5.74) is 4.21. The van der Waals surface area contributed by atoms with Crippen molar-refractivity contribution in [3.8, 4) is 11.5 Å². The molecule has 4 rings (SSSR count). The minimum absolute atomic E-state index is 0.238. The number of likely N-dealkylation sites (N-methyl/N-ethyl adjacent to an activating group) is 1. The molecule has 2 amide bonds. The maximum absolute atomic E-state index is 12.3. The number of carbonyl (C=O) groups excluding carboxylic acids is 1. The summed E-state index contributed by atoms with van der Waals surface area (Å²) >= 11 is 0. The van der Waals surface area contributed by atoms with E-state index in [1.54, 1.807) is 0 Å². The predicted octanol–water partition coefficient (Wildman–Crippen LogP) is 3.16. The van der Waals surface area contributed by atoms with E-state index in [0.29, 0.717) is 19.8 Å². The molecule has 136 valence electrons. The lowest BCUT2D eigenvalue weighted by molar-refractivity contribution is 0.251. The minimum Gasteiger partial charge on any atom is -0.490 e. The lowest BCUT2D eigenvalue weighted by atomic mass is 10.1. The zero-order valence-electron chi connectivity index (χ0n) is 14.9. The van der Waals surface area contributed by atoms with Gasteiger partial charge in [0, 0.05) is 43.5 Å². The van der Waals surface area contributed by atoms with Crippen molar-refractivity contribution < 1.29 is 14.3 Å². The van der Waals surface area contributed by atoms with Crippen LogP contribution in [-0.4, -0.2) is 32.8 Å². The molecule has 0 atom stereocenters. The second-order valence-corrected chi connectivity index (χ2v) is 6.62. The Morgan fingerprint density at radius 1 is 1.19 bits per heavy atom. The molecule has 6 heteroatoms. The third-order valence-electron chi connectivity index (χ3n) is 4.76. The quantitative estimate of drug-likeness (QED) is 0.890. The van der Waals surface area contributed by atoms with Gasteiger partial charge < -0.3 is 25.0 Å². The molecule has 2 aliphatic rings. The number of nitrogens with zero attached hydrogens (tertiary/aromatic N) is 1. The van der Waals surface area contributed by atoms with Crippen molar-refractivity contribution in [1.29, 1.82) is 0 Å². The topological polar surface area (TPSA) is 62.8 Å². The Morgan fingerprint density at radius 2 is 2.08 bits per heavy atom. The van der Waals surface area contributed by atoms with Crippen LogP contribution in [0.4, 0.5) is 16.2 Å². The molecule has 2 aromatic carbocycles. The number of ether oxygens (including phenoxy) is 2. The van der Waals surface area contributed by atoms with Crippen LogP contribution in [0.2, 0.25) is 0 Å². The molecule has 0 unspecified atom stereocenters. The van der Waals surface area contributed by atoms with Gasteiger partial charge in [-0.1, -0.05) is 18.2 Å². The smallest absolute Gasteiger partial charge is 0.319 e. The monoisotopic (exact) mass is 353 g/mol. The normalized spacial score (nSPS) is 15.2. The van der Waals surface area contributed by atoms with Gasteiger partial charge in [-0.3, -0.25) is 0 Å². The highest BCUT2D eigenvalue weighted by Crippen LogP contribution is 2.33. The van der Waals surface area contributed by atoms with Crippen LogP contribution in [-0.2, 0) is 13.0 Å². The maximum atomic E-state index is 12.3. The van der Waals surface area contributed by atoms with Crippen molar-refractivity contribution in [2.24, 2.45) is 0 Å². The zero-order valence-corrected chi connectivity index (χ0v) is 14.9. The molecule has 0 saturated carbocycles. The number of amides is 2. The number of fused-ring (bicyclic) bond motifs is 2. The average Bonchev–Trinajstić information content (AvgIpc) is 2.86. The number of urea groups is 1. The lowest BCUT2D eigenvalue weighted by Gasteiger charge is -2.15. The van der Waals surface area contributed by atoms with Crippen LogP contribution in [0.1, 0.15) is 17.5 Å². The van der Waals surface area contributed by atoms with E-state index < -0.39 is 0 Å². The van der Waals surface area contributed by atoms with E-state index in [-0.39, 0.29) is 6.03 Å². The van der Waals surface area contributed by atoms with Gasteiger partial charge >= 0.3 is 6.03 Å². The van der Waals surface area contributed by atoms with Gasteiger partial charge in [-0.25, -0.2) is 4.79 Å². The summed E-state index contributed by atoms with van der Waals surface area (Å²) in [4.78, 5) is 14.5. The highest BCUT2D eigenvalue weighted by Gasteiger charge is 2.17. The molecule has 0 bridgehead atoms. The average molecular weight is 353 g/mol. The molecule has 26 heavy (non-hydrogen) atoms. The van der Waals surface area contributed by atoms with Gasteiger partial charge in [0.2, 0.25) is 0 Å². The molecule has 0 spiro atoms. The fraction of sp³-hybridized carbons (Fsp3) is 0.350. The van der Waals surface area contributed by atoms with Gasteiger partial charge in [-0.2, -0.15) is 0 Å². The van der Waals surface area contributed by atoms with Gasteiger partial charge in [0.25, 0.3) is 0 Å². The molecule has 0 aliphatic carbocycles. The summed E-state index contributed by atoms with van der Waals surface area (Å²) in [6, 6.07) is 11.6. The van der Waals surface area contributed by atoms with Gasteiger partial charge in [0.15, 0.2) is 11.5 Å². The molecular weight excluding hydrogens is 330 g/mol. The molecule has 2 N–H and O–H groups in total. The molecular formula is C20H23N3O3. The molecule has 0 saturated heterocycles. The fourth-order valence-corrected chi connectivity index (χ4v) is 3.36. The Balaban J connectivity index is 1.40. The van der Waals surface area contributed by atoms with Crippen LogP contribution >= 0.6 is 0 Å². The van der Waals surface area contributed by atoms with Crippen molar-refractivity contribution in [1.82, 2.24) is 5.32 Å². The van der Waals surface area contributed by atoms with E-state index >= 15 is 0 Å². The van der Waals surface area contributed by atoms with Crippen molar-refractivity contribution in [2.75, 3.05) is 37.0 Å². The Hall–Kier alpha value is -2.89. The molecule has 2 aromatic rings. The van der Waals surface area contributed by atoms with Crippen LogP contribution in [0.25, 0.3) is 0 Å². The van der Waals surface area contributed by atoms with Gasteiger partial charge in [-0.05, 0) is 30.2 Å². The van der Waals surface area contributed by atoms with Crippen LogP contribution in [0, 0.1) is 0 Å². The van der Waals surface area contributed by atoms with Gasteiger partial charge in [-0.15, -0.1) is 0 Å². The highest BCUT2D eigenvalue weighted by molar-refractivity contribution is 5.90. The molecule has 0 fully saturated rings. The Bertz CT molecular complexity index is 822. The van der Waals surface area contributed by atoms with Gasteiger partial charge in [0.05, 0.1) is 13.2 Å². The minimum atomic E-state index is -0.238. The summed E-state index contributed by atoms with van der Waals surface area (Å²) in [7, 11) is 2.07. The second kappa shape index (κ2) is 7.15. The van der Waals surface area contributed by atoms with E-state index in [0.717, 1.165) is 42.1 Å². The molecule has 0 aromatic heterocycles. The summed E-state index contributed by atoms with van der Waals surface area (Å²) in [5, 5.41) is 5.80. The van der Waals surface area contributed by atoms with Crippen molar-refractivity contribution in [3.05, 3.63) is 47.5 Å². The largest absolute Gasteiger partial charge is 0.490 e. The fourth-order valence-electron chi connectivity index (χ4n) is 3.36. The zero-order chi connectivity index (χ0) is 17.9. The number of carbonyl (C=O) groups is 1. The molecule has 2 aliphatic heterocycles. The maximum Gasteiger partial charge on any atom is 0.319 e. The van der Waals surface area contributed by atoms with E-state index in [9.17, 15) is 4.79 Å². The number of rotatable bonds is 3. The highest BCUT2D eigenvalue weighted by atomic mass is 16.5. The number of hydrogen-bond acceptors (Lipinski definition) is 4. The van der Waals surface area contributed by atoms with Crippen molar-refractivity contribution in [2.45, 2.75) is 19.4 Å². The van der Waals surface area contributed by atoms with Crippen LogP contribution < -0.4 is 25.0 Å². The predicted molar refractivity (Wildman–Crippen MR) is 101 cm³/mol. The van der Waals surface area contributed by atoms with E-state index in [4.69, 9.17) is 9.47 Å². The van der Waals surface area contributed by atoms with E-state index in [1.807, 2.05) is 30.3 Å². The number of nitrogens with one attached hydrogen (secondary N) is 2. The molecule has 6 nitrogen and oxygen atoms in total.